The van der Waals surface area contributed by atoms with E-state index in [0.29, 0.717) is 11.7 Å². The summed E-state index contributed by atoms with van der Waals surface area (Å²) in [6.45, 7) is 3.65. The highest BCUT2D eigenvalue weighted by Crippen LogP contribution is 2.28. The molecule has 0 radical (unpaired) electrons. The highest BCUT2D eigenvalue weighted by atomic mass is 35.5. The van der Waals surface area contributed by atoms with Gasteiger partial charge in [-0.05, 0) is 44.3 Å². The number of aliphatic imine (C=N–C) groups is 1. The summed E-state index contributed by atoms with van der Waals surface area (Å²) in [5.74, 6) is 0.755. The van der Waals surface area contributed by atoms with E-state index < -0.39 is 0 Å². The van der Waals surface area contributed by atoms with Crippen molar-refractivity contribution in [1.82, 2.24) is 5.32 Å². The van der Waals surface area contributed by atoms with Crippen molar-refractivity contribution >= 4 is 17.8 Å². The maximum Gasteiger partial charge on any atom is 0.137 e. The number of allylic oxidation sites excluding steroid dienone is 5. The van der Waals surface area contributed by atoms with Crippen molar-refractivity contribution in [3.05, 3.63) is 35.1 Å². The minimum Gasteiger partial charge on any atom is -0.343 e. The molecule has 0 spiro atoms. The normalized spacial score (nSPS) is 17.0. The van der Waals surface area contributed by atoms with Gasteiger partial charge in [0.15, 0.2) is 0 Å². The molecule has 18 heavy (non-hydrogen) atoms. The van der Waals surface area contributed by atoms with Crippen molar-refractivity contribution < 1.29 is 4.39 Å². The molecule has 0 aromatic heterocycles. The molecule has 1 saturated carbocycles. The third-order valence-corrected chi connectivity index (χ3v) is 3.06. The number of hydrogen-bond acceptors (Lipinski definition) is 2. The second kappa shape index (κ2) is 8.09. The van der Waals surface area contributed by atoms with Gasteiger partial charge in [0, 0.05) is 5.70 Å². The van der Waals surface area contributed by atoms with E-state index in [-0.39, 0.29) is 5.83 Å². The second-order valence-electron chi connectivity index (χ2n) is 4.12. The van der Waals surface area contributed by atoms with Crippen molar-refractivity contribution in [1.29, 1.82) is 0 Å². The Morgan fingerprint density at radius 2 is 2.22 bits per heavy atom. The lowest BCUT2D eigenvalue weighted by Gasteiger charge is -2.22. The van der Waals surface area contributed by atoms with E-state index in [4.69, 9.17) is 11.6 Å². The topological polar surface area (TPSA) is 24.4 Å². The van der Waals surface area contributed by atoms with Gasteiger partial charge in [0.05, 0.1) is 12.1 Å². The first-order valence-electron chi connectivity index (χ1n) is 6.31. The summed E-state index contributed by atoms with van der Waals surface area (Å²) < 4.78 is 13.0. The first-order chi connectivity index (χ1) is 8.71. The van der Waals surface area contributed by atoms with Gasteiger partial charge in [-0.2, -0.15) is 0 Å². The standard InChI is InChI=1S/C14H20ClFN2/c1-3-6-14(17-10-12(16)4-2)18-13(9-15)11-7-5-8-11/h4,6,10,18H,3,5,7-9H2,1-2H3/b12-4+,14-6-,17-10+. The first-order valence-corrected chi connectivity index (χ1v) is 6.84. The third kappa shape index (κ3) is 4.65. The molecule has 1 fully saturated rings. The van der Waals surface area contributed by atoms with E-state index >= 15 is 0 Å². The van der Waals surface area contributed by atoms with Crippen molar-refractivity contribution in [2.45, 2.75) is 39.5 Å². The molecule has 0 saturated heterocycles. The van der Waals surface area contributed by atoms with Gasteiger partial charge in [-0.1, -0.05) is 13.0 Å². The number of rotatable bonds is 6. The molecule has 0 bridgehead atoms. The highest BCUT2D eigenvalue weighted by molar-refractivity contribution is 6.19. The minimum absolute atomic E-state index is 0.345. The largest absolute Gasteiger partial charge is 0.343 e. The Kier molecular flexibility index (Phi) is 6.73. The predicted molar refractivity (Wildman–Crippen MR) is 76.5 cm³/mol. The Hall–Kier alpha value is -1.09. The van der Waals surface area contributed by atoms with E-state index in [1.54, 1.807) is 6.92 Å². The molecule has 2 nitrogen and oxygen atoms in total. The Morgan fingerprint density at radius 1 is 1.50 bits per heavy atom. The number of alkyl halides is 1. The van der Waals surface area contributed by atoms with Crippen LogP contribution in [0.3, 0.4) is 0 Å². The fourth-order valence-corrected chi connectivity index (χ4v) is 1.82. The summed E-state index contributed by atoms with van der Waals surface area (Å²) in [6, 6.07) is 0. The van der Waals surface area contributed by atoms with Crippen LogP contribution in [0.2, 0.25) is 0 Å². The van der Waals surface area contributed by atoms with Crippen LogP contribution in [0, 0.1) is 0 Å². The second-order valence-corrected chi connectivity index (χ2v) is 4.39. The van der Waals surface area contributed by atoms with E-state index in [1.807, 2.05) is 13.0 Å². The highest BCUT2D eigenvalue weighted by Gasteiger charge is 2.14. The summed E-state index contributed by atoms with van der Waals surface area (Å²) in [6.07, 6.45) is 8.77. The fraction of sp³-hybridized carbons (Fsp3) is 0.500. The van der Waals surface area contributed by atoms with Gasteiger partial charge < -0.3 is 5.32 Å². The number of halogens is 2. The van der Waals surface area contributed by atoms with Gasteiger partial charge in [-0.15, -0.1) is 11.6 Å². The fourth-order valence-electron chi connectivity index (χ4n) is 1.56. The van der Waals surface area contributed by atoms with Crippen LogP contribution in [0.1, 0.15) is 39.5 Å². The average molecular weight is 271 g/mol. The summed E-state index contributed by atoms with van der Waals surface area (Å²) in [5.41, 5.74) is 2.37. The van der Waals surface area contributed by atoms with Crippen molar-refractivity contribution in [3.63, 3.8) is 0 Å². The van der Waals surface area contributed by atoms with Crippen LogP contribution < -0.4 is 5.32 Å². The third-order valence-electron chi connectivity index (χ3n) is 2.80. The van der Waals surface area contributed by atoms with Gasteiger partial charge in [0.25, 0.3) is 0 Å². The Bertz CT molecular complexity index is 389. The van der Waals surface area contributed by atoms with Crippen molar-refractivity contribution in [2.24, 2.45) is 4.99 Å². The van der Waals surface area contributed by atoms with Crippen LogP contribution in [0.15, 0.2) is 40.1 Å². The van der Waals surface area contributed by atoms with E-state index in [2.05, 4.69) is 10.3 Å². The van der Waals surface area contributed by atoms with Gasteiger partial charge in [0.2, 0.25) is 0 Å². The molecule has 0 atom stereocenters. The molecular formula is C14H20ClFN2. The number of nitrogens with one attached hydrogen (secondary N) is 1. The Labute approximate surface area is 113 Å². The number of nitrogens with zero attached hydrogens (tertiary/aromatic N) is 1. The Balaban J connectivity index is 2.74. The van der Waals surface area contributed by atoms with Crippen LogP contribution in [-0.4, -0.2) is 12.1 Å². The molecule has 1 aliphatic carbocycles. The van der Waals surface area contributed by atoms with Crippen molar-refractivity contribution in [3.8, 4) is 0 Å². The molecule has 1 aliphatic rings. The SMILES string of the molecule is C\C=C(F)/C=N/C(=C/CC)NC(CCl)=C1CCC1. The first kappa shape index (κ1) is 15.0. The zero-order valence-corrected chi connectivity index (χ0v) is 11.7. The smallest absolute Gasteiger partial charge is 0.137 e. The van der Waals surface area contributed by atoms with E-state index in [0.717, 1.165) is 25.0 Å². The zero-order valence-electron chi connectivity index (χ0n) is 11.0. The summed E-state index contributed by atoms with van der Waals surface area (Å²) >= 11 is 5.92. The monoisotopic (exact) mass is 270 g/mol. The van der Waals surface area contributed by atoms with Crippen LogP contribution in [0.25, 0.3) is 0 Å². The maximum atomic E-state index is 13.0. The lowest BCUT2D eigenvalue weighted by molar-refractivity contribution is 0.638. The Morgan fingerprint density at radius 3 is 2.67 bits per heavy atom. The molecule has 1 rings (SSSR count). The molecule has 4 heteroatoms. The zero-order chi connectivity index (χ0) is 13.4. The average Bonchev–Trinajstić information content (AvgIpc) is 2.32. The van der Waals surface area contributed by atoms with Gasteiger partial charge in [0.1, 0.15) is 11.6 Å². The van der Waals surface area contributed by atoms with Crippen LogP contribution in [-0.2, 0) is 0 Å². The van der Waals surface area contributed by atoms with Crippen LogP contribution >= 0.6 is 11.6 Å². The van der Waals surface area contributed by atoms with E-state index in [9.17, 15) is 4.39 Å². The maximum absolute atomic E-state index is 13.0. The van der Waals surface area contributed by atoms with Crippen LogP contribution in [0.5, 0.6) is 0 Å². The minimum atomic E-state index is -0.345. The molecular weight excluding hydrogens is 251 g/mol. The number of hydrogen-bond donors (Lipinski definition) is 1. The summed E-state index contributed by atoms with van der Waals surface area (Å²) in [7, 11) is 0. The quantitative estimate of drug-likeness (QED) is 0.560. The van der Waals surface area contributed by atoms with Crippen LogP contribution in [0.4, 0.5) is 4.39 Å². The van der Waals surface area contributed by atoms with Crippen molar-refractivity contribution in [2.75, 3.05) is 5.88 Å². The van der Waals surface area contributed by atoms with E-state index in [1.165, 1.54) is 24.3 Å². The van der Waals surface area contributed by atoms with Gasteiger partial charge in [-0.3, -0.25) is 0 Å². The lowest BCUT2D eigenvalue weighted by atomic mass is 9.91. The molecule has 0 amide bonds. The van der Waals surface area contributed by atoms with Gasteiger partial charge in [-0.25, -0.2) is 9.38 Å². The molecule has 0 aromatic rings. The predicted octanol–water partition coefficient (Wildman–Crippen LogP) is 4.45. The summed E-state index contributed by atoms with van der Waals surface area (Å²) in [5, 5.41) is 3.20. The molecule has 0 unspecified atom stereocenters. The lowest BCUT2D eigenvalue weighted by Crippen LogP contribution is -2.18. The molecule has 0 heterocycles. The van der Waals surface area contributed by atoms with Gasteiger partial charge >= 0.3 is 0 Å². The summed E-state index contributed by atoms with van der Waals surface area (Å²) in [4.78, 5) is 4.10. The molecule has 1 N–H and O–H groups in total. The molecule has 0 aliphatic heterocycles. The molecule has 0 aromatic carbocycles. The molecule has 100 valence electrons.